The molecule has 2 nitrogen and oxygen atoms in total. The van der Waals surface area contributed by atoms with Crippen molar-refractivity contribution in [1.29, 1.82) is 0 Å². The molecule has 0 fully saturated rings. The smallest absolute Gasteiger partial charge is 0.156 e. The highest BCUT2D eigenvalue weighted by atomic mass is 31.1. The highest BCUT2D eigenvalue weighted by molar-refractivity contribution is 7.47. The molecule has 1 aromatic carbocycles. The van der Waals surface area contributed by atoms with Crippen LogP contribution in [0.25, 0.3) is 0 Å². The molecule has 1 N–H and O–H groups in total. The molecule has 1 atom stereocenters. The van der Waals surface area contributed by atoms with Gasteiger partial charge in [0.25, 0.3) is 0 Å². The fourth-order valence-electron chi connectivity index (χ4n) is 0.556. The number of hydrogen-bond donors (Lipinski definition) is 1. The van der Waals surface area contributed by atoms with Gasteiger partial charge in [0.2, 0.25) is 5.30 Å². The third-order valence-electron chi connectivity index (χ3n) is 0.977. The molecule has 0 aromatic heterocycles. The van der Waals surface area contributed by atoms with Gasteiger partial charge in [-0.15, -0.1) is 0 Å². The molecule has 0 aliphatic rings. The minimum absolute atomic E-state index is 0. The molecule has 1 rings (SSSR count). The van der Waals surface area contributed by atoms with Gasteiger partial charge >= 0.3 is 8.03 Å². The topological polar surface area (TPSA) is 37.3 Å². The molecule has 0 saturated carbocycles. The van der Waals surface area contributed by atoms with Crippen molar-refractivity contribution in [3.63, 3.8) is 0 Å². The fourth-order valence-corrected chi connectivity index (χ4v) is 0.983. The average molecular weight is 165 g/mol. The normalized spacial score (nSPS) is 9.90. The minimum Gasteiger partial charge on any atom is -0.156 e. The lowest BCUT2D eigenvalue weighted by Gasteiger charge is -1.77. The molecule has 0 bridgehead atoms. The summed E-state index contributed by atoms with van der Waals surface area (Å²) in [6.07, 6.45) is 0. The Kier molecular flexibility index (Phi) is 4.82. The summed E-state index contributed by atoms with van der Waals surface area (Å²) >= 11 is 0. The maximum Gasteiger partial charge on any atom is 0.546 e. The van der Waals surface area contributed by atoms with Crippen molar-refractivity contribution in [2.75, 3.05) is 0 Å². The molecular weight excluding hydrogens is 159 g/mol. The van der Waals surface area contributed by atoms with Gasteiger partial charge in [-0.2, -0.15) is 4.89 Å². The summed E-state index contributed by atoms with van der Waals surface area (Å²) in [5.41, 5.74) is 0. The predicted octanol–water partition coefficient (Wildman–Crippen LogP) is 0.666. The van der Waals surface area contributed by atoms with E-state index in [4.69, 9.17) is 4.89 Å². The van der Waals surface area contributed by atoms with Crippen molar-refractivity contribution in [3.8, 4) is 0 Å². The molecule has 0 heterocycles. The summed E-state index contributed by atoms with van der Waals surface area (Å²) in [5, 5.41) is 0.479. The Morgan fingerprint density at radius 2 is 1.70 bits per heavy atom. The van der Waals surface area contributed by atoms with Crippen molar-refractivity contribution in [3.05, 3.63) is 30.3 Å². The van der Waals surface area contributed by atoms with Gasteiger partial charge in [0.05, 0.1) is 0 Å². The Morgan fingerprint density at radius 3 is 2.00 bits per heavy atom. The average Bonchev–Trinajstić information content (AvgIpc) is 1.90. The van der Waals surface area contributed by atoms with Crippen LogP contribution >= 0.6 is 8.03 Å². The molecule has 1 aromatic rings. The summed E-state index contributed by atoms with van der Waals surface area (Å²) in [6.45, 7) is 0. The lowest BCUT2D eigenvalue weighted by Crippen LogP contribution is -1.91. The molecule has 0 aliphatic carbocycles. The molecule has 4 heteroatoms. The van der Waals surface area contributed by atoms with Crippen molar-refractivity contribution in [2.24, 2.45) is 0 Å². The largest absolute Gasteiger partial charge is 0.546 e. The highest BCUT2D eigenvalue weighted by Crippen LogP contribution is 2.10. The molecule has 0 spiro atoms. The number of rotatable bonds is 1. The predicted molar refractivity (Wildman–Crippen MR) is 41.7 cm³/mol. The summed E-state index contributed by atoms with van der Waals surface area (Å²) in [7, 11) is -2.15. The van der Waals surface area contributed by atoms with E-state index >= 15 is 0 Å². The molecule has 0 saturated heterocycles. The van der Waals surface area contributed by atoms with E-state index in [1.807, 2.05) is 6.07 Å². The van der Waals surface area contributed by atoms with Gasteiger partial charge in [0.15, 0.2) is 0 Å². The van der Waals surface area contributed by atoms with E-state index in [-0.39, 0.29) is 23.1 Å². The maximum atomic E-state index is 10.3. The lowest BCUT2D eigenvalue weighted by molar-refractivity contribution is 0.513. The molecule has 10 heavy (non-hydrogen) atoms. The summed E-state index contributed by atoms with van der Waals surface area (Å²) in [4.78, 5) is 8.53. The van der Waals surface area contributed by atoms with Crippen molar-refractivity contribution in [1.82, 2.24) is 0 Å². The zero-order valence-electron chi connectivity index (χ0n) is 5.40. The molecule has 0 amide bonds. The van der Waals surface area contributed by atoms with E-state index in [1.165, 1.54) is 0 Å². The monoisotopic (exact) mass is 165 g/mol. The Hall–Kier alpha value is 0.0462. The van der Waals surface area contributed by atoms with Crippen LogP contribution in [0.2, 0.25) is 0 Å². The van der Waals surface area contributed by atoms with Gasteiger partial charge in [0, 0.05) is 23.1 Å². The first-order valence-corrected chi connectivity index (χ1v) is 3.73. The zero-order chi connectivity index (χ0) is 6.69. The summed E-state index contributed by atoms with van der Waals surface area (Å²) in [6, 6.07) is 8.53. The van der Waals surface area contributed by atoms with Crippen molar-refractivity contribution < 1.29 is 9.46 Å². The second-order valence-electron chi connectivity index (χ2n) is 1.61. The highest BCUT2D eigenvalue weighted by Gasteiger charge is 2.12. The second kappa shape index (κ2) is 4.80. The van der Waals surface area contributed by atoms with Crippen LogP contribution in [0.1, 0.15) is 0 Å². The van der Waals surface area contributed by atoms with Crippen LogP contribution in [-0.4, -0.2) is 27.9 Å². The quantitative estimate of drug-likeness (QED) is 0.490. The van der Waals surface area contributed by atoms with E-state index in [2.05, 4.69) is 0 Å². The van der Waals surface area contributed by atoms with Gasteiger partial charge in [-0.3, -0.25) is 0 Å². The molecule has 48 valence electrons. The summed E-state index contributed by atoms with van der Waals surface area (Å²) in [5.74, 6) is 0. The van der Waals surface area contributed by atoms with Crippen LogP contribution < -0.4 is 5.30 Å². The first-order chi connectivity index (χ1) is 4.30. The van der Waals surface area contributed by atoms with E-state index in [9.17, 15) is 4.57 Å². The van der Waals surface area contributed by atoms with E-state index < -0.39 is 8.03 Å². The molecule has 1 unspecified atom stereocenters. The van der Waals surface area contributed by atoms with Crippen LogP contribution in [0.3, 0.4) is 0 Å². The van der Waals surface area contributed by atoms with Gasteiger partial charge in [-0.05, 0) is 16.7 Å². The van der Waals surface area contributed by atoms with E-state index in [0.29, 0.717) is 5.30 Å². The summed E-state index contributed by atoms with van der Waals surface area (Å²) < 4.78 is 10.3. The second-order valence-corrected chi connectivity index (χ2v) is 2.67. The molecule has 2 radical (unpaired) electrons. The Balaban J connectivity index is 0.000000810. The third-order valence-corrected chi connectivity index (χ3v) is 1.72. The van der Waals surface area contributed by atoms with Gasteiger partial charge in [-0.25, -0.2) is 0 Å². The zero-order valence-corrected chi connectivity index (χ0v) is 7.71. The van der Waals surface area contributed by atoms with Crippen molar-refractivity contribution >= 4 is 36.4 Å². The number of hydrogen-bond acceptors (Lipinski definition) is 1. The van der Waals surface area contributed by atoms with Crippen LogP contribution in [0.5, 0.6) is 0 Å². The molecule has 0 aliphatic heterocycles. The first kappa shape index (κ1) is 10.0. The first-order valence-electron chi connectivity index (χ1n) is 2.52. The number of benzene rings is 1. The Morgan fingerprint density at radius 1 is 1.20 bits per heavy atom. The van der Waals surface area contributed by atoms with Crippen LogP contribution in [-0.2, 0) is 4.57 Å². The van der Waals surface area contributed by atoms with E-state index in [1.54, 1.807) is 24.3 Å². The minimum atomic E-state index is -2.15. The van der Waals surface area contributed by atoms with Gasteiger partial charge in [0.1, 0.15) is 0 Å². The van der Waals surface area contributed by atoms with Crippen molar-refractivity contribution in [2.45, 2.75) is 0 Å². The fraction of sp³-hybridized carbons (Fsp3) is 0. The maximum absolute atomic E-state index is 10.3. The van der Waals surface area contributed by atoms with Gasteiger partial charge < -0.3 is 0 Å². The van der Waals surface area contributed by atoms with Crippen LogP contribution in [0.15, 0.2) is 30.3 Å². The van der Waals surface area contributed by atoms with Gasteiger partial charge in [-0.1, -0.05) is 18.2 Å². The third kappa shape index (κ3) is 2.75. The van der Waals surface area contributed by atoms with E-state index in [0.717, 1.165) is 0 Å². The Labute approximate surface area is 76.3 Å². The lowest BCUT2D eigenvalue weighted by atomic mass is 10.4. The molecular formula is C6H6MgO2P+. The standard InChI is InChI=1S/C6H5O2P.Mg/c7-9(8)6-4-2-1-3-5-6;/h1-5H;/p+1. The van der Waals surface area contributed by atoms with Crippen LogP contribution in [0.4, 0.5) is 0 Å². The SMILES string of the molecule is O=[P+](O)c1ccccc1.[Mg]. The van der Waals surface area contributed by atoms with Crippen LogP contribution in [0, 0.1) is 0 Å². The Bertz CT molecular complexity index is 212.